The summed E-state index contributed by atoms with van der Waals surface area (Å²) < 4.78 is 12.7. The predicted octanol–water partition coefficient (Wildman–Crippen LogP) is 2.29. The van der Waals surface area contributed by atoms with Gasteiger partial charge in [-0.05, 0) is 38.5 Å². The molecular formula is C13H20FN3. The molecule has 0 saturated heterocycles. The van der Waals surface area contributed by atoms with E-state index in [0.29, 0.717) is 6.54 Å². The molecule has 1 rings (SSSR count). The zero-order chi connectivity index (χ0) is 12.9. The summed E-state index contributed by atoms with van der Waals surface area (Å²) in [6, 6.07) is 6.42. The SMILES string of the molecule is CN=C(NCc1ccc(F)cc1)NC(C)(C)C. The van der Waals surface area contributed by atoms with E-state index in [1.807, 2.05) is 0 Å². The van der Waals surface area contributed by atoms with Crippen molar-refractivity contribution in [2.75, 3.05) is 7.05 Å². The lowest BCUT2D eigenvalue weighted by Gasteiger charge is -2.23. The summed E-state index contributed by atoms with van der Waals surface area (Å²) in [7, 11) is 1.73. The summed E-state index contributed by atoms with van der Waals surface area (Å²) in [6.45, 7) is 6.82. The lowest BCUT2D eigenvalue weighted by atomic mass is 10.1. The fourth-order valence-corrected chi connectivity index (χ4v) is 1.32. The molecule has 2 N–H and O–H groups in total. The van der Waals surface area contributed by atoms with Crippen molar-refractivity contribution in [3.63, 3.8) is 0 Å². The molecule has 0 amide bonds. The highest BCUT2D eigenvalue weighted by Crippen LogP contribution is 2.02. The van der Waals surface area contributed by atoms with Gasteiger partial charge in [0, 0.05) is 19.1 Å². The van der Waals surface area contributed by atoms with Crippen molar-refractivity contribution in [1.82, 2.24) is 10.6 Å². The summed E-state index contributed by atoms with van der Waals surface area (Å²) in [4.78, 5) is 4.13. The topological polar surface area (TPSA) is 36.4 Å². The molecule has 0 aromatic heterocycles. The van der Waals surface area contributed by atoms with E-state index in [1.165, 1.54) is 12.1 Å². The molecule has 0 fully saturated rings. The van der Waals surface area contributed by atoms with Gasteiger partial charge in [-0.15, -0.1) is 0 Å². The van der Waals surface area contributed by atoms with Crippen LogP contribution in [0.2, 0.25) is 0 Å². The van der Waals surface area contributed by atoms with Gasteiger partial charge in [0.05, 0.1) is 0 Å². The Morgan fingerprint density at radius 2 is 1.82 bits per heavy atom. The minimum absolute atomic E-state index is 0.0371. The minimum Gasteiger partial charge on any atom is -0.352 e. The Kier molecular flexibility index (Phi) is 4.49. The van der Waals surface area contributed by atoms with Crippen molar-refractivity contribution >= 4 is 5.96 Å². The van der Waals surface area contributed by atoms with Crippen molar-refractivity contribution in [3.05, 3.63) is 35.6 Å². The second-order valence-corrected chi connectivity index (χ2v) is 4.93. The smallest absolute Gasteiger partial charge is 0.191 e. The van der Waals surface area contributed by atoms with Crippen LogP contribution in [0.15, 0.2) is 29.3 Å². The first-order valence-corrected chi connectivity index (χ1v) is 5.64. The van der Waals surface area contributed by atoms with Crippen molar-refractivity contribution in [2.45, 2.75) is 32.9 Å². The normalized spacial score (nSPS) is 12.4. The number of guanidine groups is 1. The van der Waals surface area contributed by atoms with Gasteiger partial charge in [-0.2, -0.15) is 0 Å². The van der Waals surface area contributed by atoms with Crippen molar-refractivity contribution in [2.24, 2.45) is 4.99 Å². The van der Waals surface area contributed by atoms with Gasteiger partial charge in [-0.1, -0.05) is 12.1 Å². The van der Waals surface area contributed by atoms with E-state index in [2.05, 4.69) is 36.4 Å². The molecule has 0 heterocycles. The summed E-state index contributed by atoms with van der Waals surface area (Å²) in [5.74, 6) is 0.521. The molecule has 0 spiro atoms. The van der Waals surface area contributed by atoms with Crippen LogP contribution in [0, 0.1) is 5.82 Å². The highest BCUT2D eigenvalue weighted by molar-refractivity contribution is 5.80. The first kappa shape index (κ1) is 13.5. The molecular weight excluding hydrogens is 217 g/mol. The van der Waals surface area contributed by atoms with Gasteiger partial charge in [-0.3, -0.25) is 4.99 Å². The van der Waals surface area contributed by atoms with Gasteiger partial charge in [0.1, 0.15) is 5.82 Å². The summed E-state index contributed by atoms with van der Waals surface area (Å²) in [5, 5.41) is 6.43. The Balaban J connectivity index is 2.51. The molecule has 3 nitrogen and oxygen atoms in total. The maximum atomic E-state index is 12.7. The largest absolute Gasteiger partial charge is 0.352 e. The number of aliphatic imine (C=N–C) groups is 1. The van der Waals surface area contributed by atoms with Crippen LogP contribution in [0.5, 0.6) is 0 Å². The summed E-state index contributed by atoms with van der Waals surface area (Å²) in [6.07, 6.45) is 0. The van der Waals surface area contributed by atoms with Crippen LogP contribution in [-0.4, -0.2) is 18.5 Å². The average molecular weight is 237 g/mol. The van der Waals surface area contributed by atoms with E-state index in [1.54, 1.807) is 19.2 Å². The van der Waals surface area contributed by atoms with Crippen LogP contribution in [0.3, 0.4) is 0 Å². The molecule has 0 bridgehead atoms. The molecule has 94 valence electrons. The van der Waals surface area contributed by atoms with Crippen LogP contribution in [0.4, 0.5) is 4.39 Å². The molecule has 4 heteroatoms. The molecule has 0 aliphatic carbocycles. The Morgan fingerprint density at radius 1 is 1.24 bits per heavy atom. The Labute approximate surface area is 102 Å². The number of nitrogens with zero attached hydrogens (tertiary/aromatic N) is 1. The van der Waals surface area contributed by atoms with Crippen LogP contribution in [-0.2, 0) is 6.54 Å². The molecule has 0 atom stereocenters. The van der Waals surface area contributed by atoms with E-state index < -0.39 is 0 Å². The fraction of sp³-hybridized carbons (Fsp3) is 0.462. The zero-order valence-electron chi connectivity index (χ0n) is 10.8. The third kappa shape index (κ3) is 5.33. The predicted molar refractivity (Wildman–Crippen MR) is 69.5 cm³/mol. The van der Waals surface area contributed by atoms with E-state index in [9.17, 15) is 4.39 Å². The number of nitrogens with one attached hydrogen (secondary N) is 2. The van der Waals surface area contributed by atoms with Gasteiger partial charge >= 0.3 is 0 Å². The second kappa shape index (κ2) is 5.66. The van der Waals surface area contributed by atoms with Crippen LogP contribution >= 0.6 is 0 Å². The third-order valence-corrected chi connectivity index (χ3v) is 2.09. The number of rotatable bonds is 2. The minimum atomic E-state index is -0.217. The van der Waals surface area contributed by atoms with Gasteiger partial charge < -0.3 is 10.6 Å². The molecule has 1 aromatic rings. The number of halogens is 1. The first-order chi connectivity index (χ1) is 7.90. The first-order valence-electron chi connectivity index (χ1n) is 5.64. The second-order valence-electron chi connectivity index (χ2n) is 4.93. The Hall–Kier alpha value is -1.58. The van der Waals surface area contributed by atoms with E-state index >= 15 is 0 Å². The lowest BCUT2D eigenvalue weighted by Crippen LogP contribution is -2.47. The van der Waals surface area contributed by atoms with Gasteiger partial charge in [-0.25, -0.2) is 4.39 Å². The highest BCUT2D eigenvalue weighted by Gasteiger charge is 2.11. The lowest BCUT2D eigenvalue weighted by molar-refractivity contribution is 0.501. The fourth-order valence-electron chi connectivity index (χ4n) is 1.32. The molecule has 0 unspecified atom stereocenters. The van der Waals surface area contributed by atoms with E-state index in [0.717, 1.165) is 11.5 Å². The van der Waals surface area contributed by atoms with Crippen molar-refractivity contribution in [3.8, 4) is 0 Å². The monoisotopic (exact) mass is 237 g/mol. The summed E-state index contributed by atoms with van der Waals surface area (Å²) in [5.41, 5.74) is 0.980. The average Bonchev–Trinajstić information content (AvgIpc) is 2.25. The number of hydrogen-bond donors (Lipinski definition) is 2. The Bertz CT molecular complexity index is 377. The zero-order valence-corrected chi connectivity index (χ0v) is 10.8. The molecule has 17 heavy (non-hydrogen) atoms. The molecule has 0 saturated carbocycles. The molecule has 1 aromatic carbocycles. The molecule has 0 aliphatic rings. The maximum Gasteiger partial charge on any atom is 0.191 e. The highest BCUT2D eigenvalue weighted by atomic mass is 19.1. The maximum absolute atomic E-state index is 12.7. The standard InChI is InChI=1S/C13H20FN3/c1-13(2,3)17-12(15-4)16-9-10-5-7-11(14)8-6-10/h5-8H,9H2,1-4H3,(H2,15,16,17). The van der Waals surface area contributed by atoms with Gasteiger partial charge in [0.2, 0.25) is 0 Å². The molecule has 0 aliphatic heterocycles. The van der Waals surface area contributed by atoms with E-state index in [4.69, 9.17) is 0 Å². The van der Waals surface area contributed by atoms with Crippen molar-refractivity contribution in [1.29, 1.82) is 0 Å². The van der Waals surface area contributed by atoms with Gasteiger partial charge in [0.15, 0.2) is 5.96 Å². The van der Waals surface area contributed by atoms with Crippen LogP contribution < -0.4 is 10.6 Å². The Morgan fingerprint density at radius 3 is 2.29 bits per heavy atom. The number of benzene rings is 1. The molecule has 0 radical (unpaired) electrons. The number of hydrogen-bond acceptors (Lipinski definition) is 1. The van der Waals surface area contributed by atoms with Crippen molar-refractivity contribution < 1.29 is 4.39 Å². The van der Waals surface area contributed by atoms with Crippen LogP contribution in [0.1, 0.15) is 26.3 Å². The summed E-state index contributed by atoms with van der Waals surface area (Å²) >= 11 is 0. The van der Waals surface area contributed by atoms with E-state index in [-0.39, 0.29) is 11.4 Å². The third-order valence-electron chi connectivity index (χ3n) is 2.09. The van der Waals surface area contributed by atoms with Crippen LogP contribution in [0.25, 0.3) is 0 Å². The van der Waals surface area contributed by atoms with Gasteiger partial charge in [0.25, 0.3) is 0 Å². The quantitative estimate of drug-likeness (QED) is 0.611.